The molecule has 1 rings (SSSR count). The Labute approximate surface area is 139 Å². The number of phenolic OH excluding ortho intramolecular Hbond substituents is 1. The summed E-state index contributed by atoms with van der Waals surface area (Å²) < 4.78 is 0. The Bertz CT molecular complexity index is 629. The van der Waals surface area contributed by atoms with E-state index in [9.17, 15) is 19.5 Å². The second-order valence-corrected chi connectivity index (χ2v) is 5.73. The van der Waals surface area contributed by atoms with Crippen molar-refractivity contribution < 1.29 is 29.7 Å². The Morgan fingerprint density at radius 2 is 1.79 bits per heavy atom. The topological polar surface area (TPSA) is 136 Å². The van der Waals surface area contributed by atoms with Crippen molar-refractivity contribution >= 4 is 17.8 Å². The van der Waals surface area contributed by atoms with Gasteiger partial charge in [-0.1, -0.05) is 19.9 Å². The Hall–Kier alpha value is -2.61. The number of aliphatic hydroxyl groups is 1. The first-order chi connectivity index (χ1) is 11.2. The van der Waals surface area contributed by atoms with Crippen LogP contribution in [-0.2, 0) is 9.59 Å². The molecule has 2 atom stereocenters. The van der Waals surface area contributed by atoms with Gasteiger partial charge in [-0.2, -0.15) is 0 Å². The number of carbonyl (C=O) groups is 3. The van der Waals surface area contributed by atoms with Crippen LogP contribution in [0.5, 0.6) is 5.75 Å². The van der Waals surface area contributed by atoms with E-state index in [-0.39, 0.29) is 17.2 Å². The smallest absolute Gasteiger partial charge is 0.328 e. The summed E-state index contributed by atoms with van der Waals surface area (Å²) in [5.41, 5.74) is 0.585. The number of hydrogen-bond acceptors (Lipinski definition) is 5. The van der Waals surface area contributed by atoms with Crippen LogP contribution < -0.4 is 10.6 Å². The van der Waals surface area contributed by atoms with E-state index in [4.69, 9.17) is 10.2 Å². The van der Waals surface area contributed by atoms with E-state index in [1.165, 1.54) is 18.2 Å². The second-order valence-electron chi connectivity index (χ2n) is 5.73. The predicted molar refractivity (Wildman–Crippen MR) is 85.6 cm³/mol. The molecule has 24 heavy (non-hydrogen) atoms. The van der Waals surface area contributed by atoms with Crippen LogP contribution in [-0.4, -0.2) is 51.8 Å². The van der Waals surface area contributed by atoms with Crippen molar-refractivity contribution in [3.8, 4) is 5.75 Å². The summed E-state index contributed by atoms with van der Waals surface area (Å²) in [6.07, 6.45) is 0. The molecule has 0 radical (unpaired) electrons. The van der Waals surface area contributed by atoms with Crippen LogP contribution in [0.3, 0.4) is 0 Å². The van der Waals surface area contributed by atoms with E-state index in [1.54, 1.807) is 20.8 Å². The van der Waals surface area contributed by atoms with Gasteiger partial charge < -0.3 is 26.0 Å². The number of aliphatic carboxylic acids is 1. The van der Waals surface area contributed by atoms with Crippen molar-refractivity contribution in [3.05, 3.63) is 29.3 Å². The van der Waals surface area contributed by atoms with Crippen molar-refractivity contribution in [2.75, 3.05) is 6.61 Å². The lowest BCUT2D eigenvalue weighted by Crippen LogP contribution is -2.54. The summed E-state index contributed by atoms with van der Waals surface area (Å²) in [5.74, 6) is -3.01. The maximum atomic E-state index is 12.4. The van der Waals surface area contributed by atoms with Gasteiger partial charge in [-0.15, -0.1) is 0 Å². The third-order valence-corrected chi connectivity index (χ3v) is 3.58. The van der Waals surface area contributed by atoms with Gasteiger partial charge in [0, 0.05) is 11.1 Å². The molecule has 5 N–H and O–H groups in total. The molecule has 0 bridgehead atoms. The Morgan fingerprint density at radius 3 is 2.29 bits per heavy atom. The molecular weight excluding hydrogens is 316 g/mol. The SMILES string of the molecule is Cc1c(O)cccc1C(=O)N[C@H](C(=O)N[C@@H](CO)C(=O)O)C(C)C. The van der Waals surface area contributed by atoms with Gasteiger partial charge in [-0.05, 0) is 25.0 Å². The number of phenols is 1. The number of carboxylic acid groups (broad SMARTS) is 1. The van der Waals surface area contributed by atoms with E-state index in [1.807, 2.05) is 0 Å². The first-order valence-corrected chi connectivity index (χ1v) is 7.42. The van der Waals surface area contributed by atoms with Crippen molar-refractivity contribution in [3.63, 3.8) is 0 Å². The molecule has 0 unspecified atom stereocenters. The molecule has 0 aliphatic rings. The van der Waals surface area contributed by atoms with Crippen LogP contribution in [0.15, 0.2) is 18.2 Å². The monoisotopic (exact) mass is 338 g/mol. The maximum absolute atomic E-state index is 12.4. The zero-order chi connectivity index (χ0) is 18.4. The van der Waals surface area contributed by atoms with Crippen LogP contribution in [0, 0.1) is 12.8 Å². The largest absolute Gasteiger partial charge is 0.508 e. The Balaban J connectivity index is 2.93. The predicted octanol–water partition coefficient (Wildman–Crippen LogP) is 0.0167. The van der Waals surface area contributed by atoms with Crippen LogP contribution >= 0.6 is 0 Å². The molecule has 2 amide bonds. The van der Waals surface area contributed by atoms with Crippen molar-refractivity contribution in [1.82, 2.24) is 10.6 Å². The Kier molecular flexibility index (Phi) is 6.72. The van der Waals surface area contributed by atoms with E-state index in [0.717, 1.165) is 0 Å². The zero-order valence-corrected chi connectivity index (χ0v) is 13.7. The molecule has 0 aromatic heterocycles. The lowest BCUT2D eigenvalue weighted by Gasteiger charge is -2.23. The van der Waals surface area contributed by atoms with Crippen LogP contribution in [0.1, 0.15) is 29.8 Å². The molecule has 0 saturated heterocycles. The standard InChI is InChI=1S/C16H22N2O6/c1-8(2)13(15(22)17-11(7-19)16(23)24)18-14(21)10-5-4-6-12(20)9(10)3/h4-6,8,11,13,19-20H,7H2,1-3H3,(H,17,22)(H,18,21)(H,23,24)/t11-,13-/m0/s1. The highest BCUT2D eigenvalue weighted by Crippen LogP contribution is 2.19. The van der Waals surface area contributed by atoms with Crippen LogP contribution in [0.25, 0.3) is 0 Å². The van der Waals surface area contributed by atoms with E-state index < -0.39 is 36.5 Å². The molecule has 1 aromatic rings. The highest BCUT2D eigenvalue weighted by atomic mass is 16.4. The summed E-state index contributed by atoms with van der Waals surface area (Å²) >= 11 is 0. The van der Waals surface area contributed by atoms with E-state index in [0.29, 0.717) is 5.56 Å². The molecule has 0 heterocycles. The summed E-state index contributed by atoms with van der Waals surface area (Å²) in [4.78, 5) is 35.5. The fourth-order valence-corrected chi connectivity index (χ4v) is 2.07. The number of aliphatic hydroxyl groups excluding tert-OH is 1. The molecule has 0 aliphatic carbocycles. The quantitative estimate of drug-likeness (QED) is 0.475. The highest BCUT2D eigenvalue weighted by Gasteiger charge is 2.29. The van der Waals surface area contributed by atoms with Gasteiger partial charge >= 0.3 is 5.97 Å². The second kappa shape index (κ2) is 8.30. The molecule has 8 nitrogen and oxygen atoms in total. The van der Waals surface area contributed by atoms with Gasteiger partial charge in [0.05, 0.1) is 6.61 Å². The highest BCUT2D eigenvalue weighted by molar-refractivity contribution is 5.99. The normalized spacial score (nSPS) is 13.2. The van der Waals surface area contributed by atoms with Gasteiger partial charge in [0.15, 0.2) is 0 Å². The molecule has 0 saturated carbocycles. The summed E-state index contributed by atoms with van der Waals surface area (Å²) in [5, 5.41) is 32.2. The number of rotatable bonds is 7. The van der Waals surface area contributed by atoms with Crippen molar-refractivity contribution in [2.24, 2.45) is 5.92 Å². The number of amides is 2. The summed E-state index contributed by atoms with van der Waals surface area (Å²) in [6, 6.07) is 2.02. The third-order valence-electron chi connectivity index (χ3n) is 3.58. The van der Waals surface area contributed by atoms with Crippen LogP contribution in [0.4, 0.5) is 0 Å². The molecular formula is C16H22N2O6. The third kappa shape index (κ3) is 4.69. The van der Waals surface area contributed by atoms with Crippen molar-refractivity contribution in [2.45, 2.75) is 32.9 Å². The number of aromatic hydroxyl groups is 1. The molecule has 0 aliphatic heterocycles. The Morgan fingerprint density at radius 1 is 1.17 bits per heavy atom. The fourth-order valence-electron chi connectivity index (χ4n) is 2.07. The van der Waals surface area contributed by atoms with Crippen LogP contribution in [0.2, 0.25) is 0 Å². The zero-order valence-electron chi connectivity index (χ0n) is 13.7. The molecule has 0 fully saturated rings. The first-order valence-electron chi connectivity index (χ1n) is 7.42. The molecule has 1 aromatic carbocycles. The van der Waals surface area contributed by atoms with Gasteiger partial charge in [0.1, 0.15) is 17.8 Å². The van der Waals surface area contributed by atoms with Crippen molar-refractivity contribution in [1.29, 1.82) is 0 Å². The number of nitrogens with one attached hydrogen (secondary N) is 2. The summed E-state index contributed by atoms with van der Waals surface area (Å²) in [7, 11) is 0. The minimum atomic E-state index is -1.45. The van der Waals surface area contributed by atoms with Gasteiger partial charge in [-0.3, -0.25) is 9.59 Å². The fraction of sp³-hybridized carbons (Fsp3) is 0.438. The van der Waals surface area contributed by atoms with Gasteiger partial charge in [0.25, 0.3) is 5.91 Å². The number of hydrogen-bond donors (Lipinski definition) is 5. The number of carboxylic acids is 1. The first kappa shape index (κ1) is 19.4. The van der Waals surface area contributed by atoms with E-state index >= 15 is 0 Å². The van der Waals surface area contributed by atoms with Gasteiger partial charge in [0.2, 0.25) is 5.91 Å². The molecule has 132 valence electrons. The number of carbonyl (C=O) groups excluding carboxylic acids is 2. The summed E-state index contributed by atoms with van der Waals surface area (Å²) in [6.45, 7) is 4.19. The minimum Gasteiger partial charge on any atom is -0.508 e. The molecule has 8 heteroatoms. The lowest BCUT2D eigenvalue weighted by molar-refractivity contribution is -0.143. The average molecular weight is 338 g/mol. The maximum Gasteiger partial charge on any atom is 0.328 e. The molecule has 0 spiro atoms. The minimum absolute atomic E-state index is 0.0422. The van der Waals surface area contributed by atoms with Gasteiger partial charge in [-0.25, -0.2) is 4.79 Å². The lowest BCUT2D eigenvalue weighted by atomic mass is 10.0. The van der Waals surface area contributed by atoms with E-state index in [2.05, 4.69) is 10.6 Å². The average Bonchev–Trinajstić information content (AvgIpc) is 2.51. The number of benzene rings is 1.